The number of piperidine rings is 2. The van der Waals surface area contributed by atoms with Crippen molar-refractivity contribution in [2.45, 2.75) is 77.3 Å². The molecule has 6 nitrogen and oxygen atoms in total. The molecule has 0 aromatic carbocycles. The van der Waals surface area contributed by atoms with Crippen molar-refractivity contribution in [3.05, 3.63) is 18.1 Å². The van der Waals surface area contributed by atoms with Gasteiger partial charge in [0.05, 0.1) is 0 Å². The largest absolute Gasteiger partial charge is 0.356 e. The number of carbonyl (C=O) groups excluding carboxylic acids is 1. The molecule has 2 fully saturated rings. The van der Waals surface area contributed by atoms with Crippen LogP contribution in [0, 0.1) is 0 Å². The molecule has 0 saturated carbocycles. The van der Waals surface area contributed by atoms with E-state index in [4.69, 9.17) is 0 Å². The van der Waals surface area contributed by atoms with Crippen molar-refractivity contribution in [3.63, 3.8) is 0 Å². The fraction of sp³-hybridized carbons (Fsp3) is 0.750. The zero-order valence-corrected chi connectivity index (χ0v) is 16.3. The van der Waals surface area contributed by atoms with E-state index >= 15 is 0 Å². The monoisotopic (exact) mass is 359 g/mol. The first kappa shape index (κ1) is 18.9. The first-order valence-electron chi connectivity index (χ1n) is 10.3. The van der Waals surface area contributed by atoms with Crippen molar-refractivity contribution in [2.24, 2.45) is 0 Å². The van der Waals surface area contributed by atoms with Gasteiger partial charge in [0.1, 0.15) is 12.1 Å². The Bertz CT molecular complexity index is 583. The van der Waals surface area contributed by atoms with Crippen molar-refractivity contribution >= 4 is 11.8 Å². The molecule has 2 amide bonds. The molecule has 0 aliphatic carbocycles. The Labute approximate surface area is 157 Å². The molecule has 1 atom stereocenters. The van der Waals surface area contributed by atoms with Crippen LogP contribution in [-0.2, 0) is 6.42 Å². The molecule has 2 aliphatic heterocycles. The van der Waals surface area contributed by atoms with Gasteiger partial charge in [0.15, 0.2) is 0 Å². The minimum atomic E-state index is 0.150. The minimum Gasteiger partial charge on any atom is -0.356 e. The number of urea groups is 1. The van der Waals surface area contributed by atoms with Gasteiger partial charge >= 0.3 is 6.03 Å². The summed E-state index contributed by atoms with van der Waals surface area (Å²) in [6.45, 7) is 7.10. The Morgan fingerprint density at radius 2 is 1.96 bits per heavy atom. The Kier molecular flexibility index (Phi) is 6.69. The standard InChI is InChI=1S/C20H33N5O/c1-3-7-18-8-5-6-11-25(18)20(26)23-17-9-12-24(13-10-17)19-14-16(4-2)21-15-22-19/h14-15,17-18H,3-13H2,1-2H3,(H,23,26). The van der Waals surface area contributed by atoms with Crippen LogP contribution in [0.3, 0.4) is 0 Å². The van der Waals surface area contributed by atoms with Gasteiger partial charge in [-0.1, -0.05) is 20.3 Å². The first-order valence-corrected chi connectivity index (χ1v) is 10.3. The summed E-state index contributed by atoms with van der Waals surface area (Å²) in [7, 11) is 0. The molecule has 144 valence electrons. The number of likely N-dealkylation sites (tertiary alicyclic amines) is 1. The van der Waals surface area contributed by atoms with Crippen molar-refractivity contribution in [1.29, 1.82) is 0 Å². The van der Waals surface area contributed by atoms with E-state index in [-0.39, 0.29) is 12.1 Å². The van der Waals surface area contributed by atoms with E-state index in [1.165, 1.54) is 6.42 Å². The highest BCUT2D eigenvalue weighted by atomic mass is 16.2. The van der Waals surface area contributed by atoms with E-state index in [0.717, 1.165) is 76.1 Å². The van der Waals surface area contributed by atoms with Gasteiger partial charge in [0.25, 0.3) is 0 Å². The lowest BCUT2D eigenvalue weighted by molar-refractivity contribution is 0.141. The zero-order chi connectivity index (χ0) is 18.4. The Morgan fingerprint density at radius 3 is 2.69 bits per heavy atom. The summed E-state index contributed by atoms with van der Waals surface area (Å²) in [5.74, 6) is 1.01. The second-order valence-electron chi connectivity index (χ2n) is 7.56. The number of aromatic nitrogens is 2. The van der Waals surface area contributed by atoms with Gasteiger partial charge in [-0.2, -0.15) is 0 Å². The first-order chi connectivity index (χ1) is 12.7. The lowest BCUT2D eigenvalue weighted by atomic mass is 9.98. The maximum absolute atomic E-state index is 12.8. The van der Waals surface area contributed by atoms with Crippen LogP contribution in [0.4, 0.5) is 10.6 Å². The molecular formula is C20H33N5O. The van der Waals surface area contributed by atoms with Gasteiger partial charge in [-0.05, 0) is 44.9 Å². The molecule has 6 heteroatoms. The van der Waals surface area contributed by atoms with Crippen LogP contribution in [0.15, 0.2) is 12.4 Å². The van der Waals surface area contributed by atoms with Gasteiger partial charge in [0, 0.05) is 43.5 Å². The number of anilines is 1. The van der Waals surface area contributed by atoms with Gasteiger partial charge in [-0.15, -0.1) is 0 Å². The molecule has 0 spiro atoms. The maximum atomic E-state index is 12.8. The van der Waals surface area contributed by atoms with Crippen molar-refractivity contribution in [2.75, 3.05) is 24.5 Å². The average Bonchev–Trinajstić information content (AvgIpc) is 2.69. The Balaban J connectivity index is 1.50. The summed E-state index contributed by atoms with van der Waals surface area (Å²) in [6, 6.07) is 2.94. The fourth-order valence-electron chi connectivity index (χ4n) is 4.16. The molecule has 1 unspecified atom stereocenters. The molecule has 2 saturated heterocycles. The molecule has 1 aromatic heterocycles. The predicted molar refractivity (Wildman–Crippen MR) is 104 cm³/mol. The number of rotatable bonds is 5. The highest BCUT2D eigenvalue weighted by Crippen LogP contribution is 2.22. The fourth-order valence-corrected chi connectivity index (χ4v) is 4.16. The lowest BCUT2D eigenvalue weighted by Gasteiger charge is -2.38. The highest BCUT2D eigenvalue weighted by Gasteiger charge is 2.28. The second-order valence-corrected chi connectivity index (χ2v) is 7.56. The molecule has 0 bridgehead atoms. The number of hydrogen-bond donors (Lipinski definition) is 1. The van der Waals surface area contributed by atoms with Crippen LogP contribution in [0.2, 0.25) is 0 Å². The summed E-state index contributed by atoms with van der Waals surface area (Å²) >= 11 is 0. The maximum Gasteiger partial charge on any atom is 0.317 e. The van der Waals surface area contributed by atoms with Crippen molar-refractivity contribution < 1.29 is 4.79 Å². The molecule has 1 N–H and O–H groups in total. The highest BCUT2D eigenvalue weighted by molar-refractivity contribution is 5.75. The lowest BCUT2D eigenvalue weighted by Crippen LogP contribution is -2.53. The van der Waals surface area contributed by atoms with E-state index in [1.807, 2.05) is 0 Å². The summed E-state index contributed by atoms with van der Waals surface area (Å²) in [4.78, 5) is 25.9. The van der Waals surface area contributed by atoms with Crippen LogP contribution in [0.5, 0.6) is 0 Å². The van der Waals surface area contributed by atoms with Gasteiger partial charge in [-0.3, -0.25) is 0 Å². The van der Waals surface area contributed by atoms with Crippen LogP contribution < -0.4 is 10.2 Å². The molecule has 3 rings (SSSR count). The summed E-state index contributed by atoms with van der Waals surface area (Å²) < 4.78 is 0. The molecule has 3 heterocycles. The van der Waals surface area contributed by atoms with Crippen molar-refractivity contribution in [1.82, 2.24) is 20.2 Å². The normalized spacial score (nSPS) is 21.7. The van der Waals surface area contributed by atoms with E-state index in [1.54, 1.807) is 6.33 Å². The van der Waals surface area contributed by atoms with Gasteiger partial charge < -0.3 is 15.1 Å². The third-order valence-corrected chi connectivity index (χ3v) is 5.73. The van der Waals surface area contributed by atoms with E-state index < -0.39 is 0 Å². The van der Waals surface area contributed by atoms with Gasteiger partial charge in [-0.25, -0.2) is 14.8 Å². The molecule has 26 heavy (non-hydrogen) atoms. The molecular weight excluding hydrogens is 326 g/mol. The molecule has 1 aromatic rings. The van der Waals surface area contributed by atoms with Crippen molar-refractivity contribution in [3.8, 4) is 0 Å². The van der Waals surface area contributed by atoms with E-state index in [2.05, 4.69) is 45.0 Å². The molecule has 2 aliphatic rings. The SMILES string of the molecule is CCCC1CCCCN1C(=O)NC1CCN(c2cc(CC)ncn2)CC1. The van der Waals surface area contributed by atoms with Crippen LogP contribution in [0.1, 0.15) is 64.5 Å². The predicted octanol–water partition coefficient (Wildman–Crippen LogP) is 3.37. The second kappa shape index (κ2) is 9.19. The summed E-state index contributed by atoms with van der Waals surface area (Å²) in [6.07, 6.45) is 10.4. The number of aryl methyl sites for hydroxylation is 1. The number of amides is 2. The quantitative estimate of drug-likeness (QED) is 0.875. The van der Waals surface area contributed by atoms with Gasteiger partial charge in [0.2, 0.25) is 0 Å². The third-order valence-electron chi connectivity index (χ3n) is 5.73. The van der Waals surface area contributed by atoms with E-state index in [0.29, 0.717) is 6.04 Å². The summed E-state index contributed by atoms with van der Waals surface area (Å²) in [5, 5.41) is 3.30. The Morgan fingerprint density at radius 1 is 1.15 bits per heavy atom. The number of carbonyl (C=O) groups is 1. The van der Waals surface area contributed by atoms with Crippen LogP contribution in [-0.4, -0.2) is 52.6 Å². The topological polar surface area (TPSA) is 61.4 Å². The number of nitrogens with one attached hydrogen (secondary N) is 1. The van der Waals surface area contributed by atoms with E-state index in [9.17, 15) is 4.79 Å². The smallest absolute Gasteiger partial charge is 0.317 e. The summed E-state index contributed by atoms with van der Waals surface area (Å²) in [5.41, 5.74) is 1.08. The van der Waals surface area contributed by atoms with Crippen LogP contribution in [0.25, 0.3) is 0 Å². The zero-order valence-electron chi connectivity index (χ0n) is 16.3. The minimum absolute atomic E-state index is 0.150. The average molecular weight is 360 g/mol. The number of nitrogens with zero attached hydrogens (tertiary/aromatic N) is 4. The third kappa shape index (κ3) is 4.65. The number of hydrogen-bond acceptors (Lipinski definition) is 4. The Hall–Kier alpha value is -1.85. The molecule has 0 radical (unpaired) electrons. The van der Waals surface area contributed by atoms with Crippen LogP contribution >= 0.6 is 0 Å².